The van der Waals surface area contributed by atoms with Crippen LogP contribution >= 0.6 is 0 Å². The molecular weight excluding hydrogens is 308 g/mol. The Morgan fingerprint density at radius 2 is 1.42 bits per heavy atom. The molecule has 144 valence electrons. The van der Waals surface area contributed by atoms with Crippen molar-refractivity contribution in [1.82, 2.24) is 0 Å². The van der Waals surface area contributed by atoms with Crippen molar-refractivity contribution in [3.05, 3.63) is 12.2 Å². The fourth-order valence-electron chi connectivity index (χ4n) is 2.55. The third kappa shape index (κ3) is 15.1. The SMILES string of the molecule is CCCCCC(O)C(O)/C=C/C(O)CCCCCCCCOOC. The third-order valence-electron chi connectivity index (χ3n) is 4.12. The van der Waals surface area contributed by atoms with Gasteiger partial charge in [-0.2, -0.15) is 0 Å². The standard InChI is InChI=1S/C19H38O5/c1-3-4-9-13-18(21)19(22)15-14-17(20)12-10-7-5-6-8-11-16-24-23-2/h14-15,17-22H,3-13,16H2,1-2H3/b15-14+. The van der Waals surface area contributed by atoms with Crippen LogP contribution in [0.3, 0.4) is 0 Å². The molecule has 3 unspecified atom stereocenters. The first-order valence-electron chi connectivity index (χ1n) is 9.50. The molecule has 0 amide bonds. The third-order valence-corrected chi connectivity index (χ3v) is 4.12. The summed E-state index contributed by atoms with van der Waals surface area (Å²) < 4.78 is 0. The molecule has 3 atom stereocenters. The Morgan fingerprint density at radius 1 is 0.792 bits per heavy atom. The smallest absolute Gasteiger partial charge is 0.0980 e. The van der Waals surface area contributed by atoms with Gasteiger partial charge in [-0.1, -0.05) is 70.4 Å². The Labute approximate surface area is 147 Å². The molecule has 0 radical (unpaired) electrons. The van der Waals surface area contributed by atoms with Gasteiger partial charge in [0.05, 0.1) is 32.0 Å². The van der Waals surface area contributed by atoms with Gasteiger partial charge in [-0.15, -0.1) is 0 Å². The lowest BCUT2D eigenvalue weighted by Crippen LogP contribution is -2.24. The van der Waals surface area contributed by atoms with E-state index in [4.69, 9.17) is 4.89 Å². The molecule has 0 aromatic rings. The summed E-state index contributed by atoms with van der Waals surface area (Å²) in [6.07, 6.45) is 11.9. The summed E-state index contributed by atoms with van der Waals surface area (Å²) in [6, 6.07) is 0. The number of hydrogen-bond acceptors (Lipinski definition) is 5. The first-order chi connectivity index (χ1) is 11.6. The van der Waals surface area contributed by atoms with Crippen LogP contribution in [0.4, 0.5) is 0 Å². The summed E-state index contributed by atoms with van der Waals surface area (Å²) in [7, 11) is 1.52. The van der Waals surface area contributed by atoms with Gasteiger partial charge in [-0.05, 0) is 19.3 Å². The summed E-state index contributed by atoms with van der Waals surface area (Å²) >= 11 is 0. The summed E-state index contributed by atoms with van der Waals surface area (Å²) in [5.74, 6) is 0. The fourth-order valence-corrected chi connectivity index (χ4v) is 2.55. The van der Waals surface area contributed by atoms with E-state index in [1.165, 1.54) is 19.6 Å². The van der Waals surface area contributed by atoms with Gasteiger partial charge < -0.3 is 15.3 Å². The van der Waals surface area contributed by atoms with Crippen molar-refractivity contribution in [3.63, 3.8) is 0 Å². The Morgan fingerprint density at radius 3 is 2.08 bits per heavy atom. The quantitative estimate of drug-likeness (QED) is 0.163. The maximum absolute atomic E-state index is 9.88. The second kappa shape index (κ2) is 17.4. The first kappa shape index (κ1) is 23.5. The molecule has 0 saturated heterocycles. The number of aliphatic hydroxyl groups excluding tert-OH is 3. The molecule has 0 heterocycles. The summed E-state index contributed by atoms with van der Waals surface area (Å²) in [5, 5.41) is 29.5. The Balaban J connectivity index is 3.57. The van der Waals surface area contributed by atoms with Crippen molar-refractivity contribution < 1.29 is 25.1 Å². The maximum Gasteiger partial charge on any atom is 0.0980 e. The molecule has 3 N–H and O–H groups in total. The van der Waals surface area contributed by atoms with Gasteiger partial charge in [0.25, 0.3) is 0 Å². The van der Waals surface area contributed by atoms with Gasteiger partial charge >= 0.3 is 0 Å². The van der Waals surface area contributed by atoms with Crippen molar-refractivity contribution in [3.8, 4) is 0 Å². The number of rotatable bonds is 17. The fraction of sp³-hybridized carbons (Fsp3) is 0.895. The van der Waals surface area contributed by atoms with Gasteiger partial charge in [0.2, 0.25) is 0 Å². The average molecular weight is 347 g/mol. The largest absolute Gasteiger partial charge is 0.390 e. The van der Waals surface area contributed by atoms with Crippen LogP contribution in [0.2, 0.25) is 0 Å². The van der Waals surface area contributed by atoms with Crippen molar-refractivity contribution in [2.24, 2.45) is 0 Å². The lowest BCUT2D eigenvalue weighted by atomic mass is 10.0. The second-order valence-corrected chi connectivity index (χ2v) is 6.40. The molecule has 0 aromatic carbocycles. The lowest BCUT2D eigenvalue weighted by Gasteiger charge is -2.14. The molecule has 0 spiro atoms. The maximum atomic E-state index is 9.88. The molecule has 5 nitrogen and oxygen atoms in total. The van der Waals surface area contributed by atoms with E-state index in [-0.39, 0.29) is 0 Å². The Hall–Kier alpha value is -0.460. The summed E-state index contributed by atoms with van der Waals surface area (Å²) in [6.45, 7) is 2.75. The van der Waals surface area contributed by atoms with E-state index in [1.807, 2.05) is 0 Å². The van der Waals surface area contributed by atoms with Crippen LogP contribution in [0.25, 0.3) is 0 Å². The first-order valence-corrected chi connectivity index (χ1v) is 9.50. The Kier molecular flexibility index (Phi) is 17.0. The van der Waals surface area contributed by atoms with Gasteiger partial charge in [-0.25, -0.2) is 9.78 Å². The number of aliphatic hydroxyl groups is 3. The van der Waals surface area contributed by atoms with Crippen molar-refractivity contribution in [2.45, 2.75) is 95.9 Å². The van der Waals surface area contributed by atoms with Gasteiger partial charge in [-0.3, -0.25) is 0 Å². The minimum Gasteiger partial charge on any atom is -0.390 e. The van der Waals surface area contributed by atoms with Gasteiger partial charge in [0.1, 0.15) is 0 Å². The minimum absolute atomic E-state index is 0.544. The van der Waals surface area contributed by atoms with E-state index in [9.17, 15) is 15.3 Å². The van der Waals surface area contributed by atoms with E-state index in [1.54, 1.807) is 6.08 Å². The van der Waals surface area contributed by atoms with Crippen LogP contribution in [-0.2, 0) is 9.78 Å². The molecule has 0 rings (SSSR count). The van der Waals surface area contributed by atoms with Crippen LogP contribution in [-0.4, -0.2) is 47.3 Å². The molecule has 0 saturated carbocycles. The highest BCUT2D eigenvalue weighted by atomic mass is 17.2. The van der Waals surface area contributed by atoms with E-state index in [0.29, 0.717) is 19.4 Å². The summed E-state index contributed by atoms with van der Waals surface area (Å²) in [4.78, 5) is 9.33. The molecule has 0 aromatic heterocycles. The van der Waals surface area contributed by atoms with Crippen LogP contribution in [0.1, 0.15) is 77.6 Å². The predicted molar refractivity (Wildman–Crippen MR) is 96.6 cm³/mol. The predicted octanol–water partition coefficient (Wildman–Crippen LogP) is 3.51. The molecule has 0 aliphatic rings. The lowest BCUT2D eigenvalue weighted by molar-refractivity contribution is -0.272. The monoisotopic (exact) mass is 346 g/mol. The number of unbranched alkanes of at least 4 members (excludes halogenated alkanes) is 7. The average Bonchev–Trinajstić information content (AvgIpc) is 2.58. The van der Waals surface area contributed by atoms with E-state index >= 15 is 0 Å². The molecule has 0 bridgehead atoms. The van der Waals surface area contributed by atoms with Crippen molar-refractivity contribution >= 4 is 0 Å². The van der Waals surface area contributed by atoms with Crippen LogP contribution in [0, 0.1) is 0 Å². The highest BCUT2D eigenvalue weighted by Crippen LogP contribution is 2.11. The molecular formula is C19H38O5. The van der Waals surface area contributed by atoms with E-state index in [0.717, 1.165) is 51.4 Å². The minimum atomic E-state index is -0.883. The van der Waals surface area contributed by atoms with Crippen molar-refractivity contribution in [1.29, 1.82) is 0 Å². The van der Waals surface area contributed by atoms with E-state index < -0.39 is 18.3 Å². The molecule has 0 aliphatic heterocycles. The Bertz CT molecular complexity index is 283. The van der Waals surface area contributed by atoms with E-state index in [2.05, 4.69) is 11.8 Å². The molecule has 0 aliphatic carbocycles. The normalized spacial score (nSPS) is 15.7. The number of hydrogen-bond donors (Lipinski definition) is 3. The highest BCUT2D eigenvalue weighted by molar-refractivity contribution is 4.96. The van der Waals surface area contributed by atoms with Crippen LogP contribution < -0.4 is 0 Å². The van der Waals surface area contributed by atoms with Crippen LogP contribution in [0.15, 0.2) is 12.2 Å². The van der Waals surface area contributed by atoms with Gasteiger partial charge in [0.15, 0.2) is 0 Å². The zero-order valence-electron chi connectivity index (χ0n) is 15.5. The van der Waals surface area contributed by atoms with Gasteiger partial charge in [0, 0.05) is 0 Å². The zero-order valence-corrected chi connectivity index (χ0v) is 15.5. The molecule has 5 heteroatoms. The van der Waals surface area contributed by atoms with Crippen LogP contribution in [0.5, 0.6) is 0 Å². The molecule has 24 heavy (non-hydrogen) atoms. The molecule has 0 fully saturated rings. The second-order valence-electron chi connectivity index (χ2n) is 6.40. The summed E-state index contributed by atoms with van der Waals surface area (Å²) in [5.41, 5.74) is 0. The topological polar surface area (TPSA) is 79.2 Å². The van der Waals surface area contributed by atoms with Crippen molar-refractivity contribution in [2.75, 3.05) is 13.7 Å². The highest BCUT2D eigenvalue weighted by Gasteiger charge is 2.12. The zero-order chi connectivity index (χ0) is 18.0.